The van der Waals surface area contributed by atoms with E-state index in [4.69, 9.17) is 9.78 Å². The molecule has 0 amide bonds. The van der Waals surface area contributed by atoms with Crippen LogP contribution in [0.2, 0.25) is 0 Å². The Hall–Kier alpha value is -2.24. The largest absolute Gasteiger partial charge is 0.338 e. The molecule has 0 saturated heterocycles. The Morgan fingerprint density at radius 1 is 1.35 bits per heavy atom. The number of hydrogen-bond acceptors (Lipinski definition) is 6. The van der Waals surface area contributed by atoms with Gasteiger partial charge in [-0.3, -0.25) is 0 Å². The highest BCUT2D eigenvalue weighted by atomic mass is 32.2. The fraction of sp³-hybridized carbons (Fsp3) is 0.250. The Morgan fingerprint density at radius 3 is 2.60 bits per heavy atom. The molecule has 8 heteroatoms. The van der Waals surface area contributed by atoms with Crippen molar-refractivity contribution >= 4 is 10.0 Å². The van der Waals surface area contributed by atoms with E-state index in [9.17, 15) is 8.42 Å². The van der Waals surface area contributed by atoms with Gasteiger partial charge in [0.2, 0.25) is 15.9 Å². The number of benzene rings is 1. The Kier molecular flexibility index (Phi) is 4.12. The molecule has 0 aliphatic carbocycles. The highest BCUT2D eigenvalue weighted by molar-refractivity contribution is 7.89. The van der Waals surface area contributed by atoms with Crippen molar-refractivity contribution in [1.82, 2.24) is 14.9 Å². The van der Waals surface area contributed by atoms with E-state index < -0.39 is 10.0 Å². The molecule has 1 heterocycles. The lowest BCUT2D eigenvalue weighted by molar-refractivity contribution is 0.372. The molecule has 20 heavy (non-hydrogen) atoms. The lowest BCUT2D eigenvalue weighted by atomic mass is 10.2. The molecular weight excluding hydrogens is 280 g/mol. The Labute approximate surface area is 116 Å². The Balaban J connectivity index is 2.08. The first-order valence-electron chi connectivity index (χ1n) is 5.76. The second-order valence-corrected chi connectivity index (χ2v) is 5.81. The summed E-state index contributed by atoms with van der Waals surface area (Å²) in [5, 5.41) is 12.1. The highest BCUT2D eigenvalue weighted by Gasteiger charge is 2.15. The van der Waals surface area contributed by atoms with Crippen molar-refractivity contribution < 1.29 is 12.9 Å². The quantitative estimate of drug-likeness (QED) is 0.877. The number of aromatic nitrogens is 2. The summed E-state index contributed by atoms with van der Waals surface area (Å²) < 4.78 is 31.2. The minimum Gasteiger partial charge on any atom is -0.338 e. The average Bonchev–Trinajstić information content (AvgIpc) is 2.84. The third-order valence-electron chi connectivity index (χ3n) is 2.50. The molecule has 0 unspecified atom stereocenters. The second-order valence-electron chi connectivity index (χ2n) is 4.04. The molecular formula is C12H12N4O3S. The molecule has 7 nitrogen and oxygen atoms in total. The van der Waals surface area contributed by atoms with Crippen LogP contribution in [0.3, 0.4) is 0 Å². The summed E-state index contributed by atoms with van der Waals surface area (Å²) >= 11 is 0. The SMILES string of the molecule is Cc1noc(CNS(=O)(=O)c2ccc(CC#N)cc2)n1. The summed E-state index contributed by atoms with van der Waals surface area (Å²) in [4.78, 5) is 4.03. The molecule has 104 valence electrons. The summed E-state index contributed by atoms with van der Waals surface area (Å²) in [5.41, 5.74) is 0.763. The molecule has 0 aliphatic heterocycles. The van der Waals surface area contributed by atoms with Crippen LogP contribution in [0.1, 0.15) is 17.3 Å². The number of nitrogens with one attached hydrogen (secondary N) is 1. The number of sulfonamides is 1. The predicted octanol–water partition coefficient (Wildman–Crippen LogP) is 0.923. The van der Waals surface area contributed by atoms with Gasteiger partial charge in [0.05, 0.1) is 23.9 Å². The molecule has 0 radical (unpaired) electrons. The molecule has 1 aromatic carbocycles. The van der Waals surface area contributed by atoms with Crippen molar-refractivity contribution in [2.45, 2.75) is 24.8 Å². The van der Waals surface area contributed by atoms with Crippen molar-refractivity contribution in [3.63, 3.8) is 0 Å². The molecule has 2 rings (SSSR count). The van der Waals surface area contributed by atoms with Crippen LogP contribution in [0.15, 0.2) is 33.7 Å². The molecule has 0 fully saturated rings. The Morgan fingerprint density at radius 2 is 2.05 bits per heavy atom. The van der Waals surface area contributed by atoms with Crippen molar-refractivity contribution in [3.8, 4) is 6.07 Å². The van der Waals surface area contributed by atoms with Gasteiger partial charge >= 0.3 is 0 Å². The van der Waals surface area contributed by atoms with E-state index in [1.54, 1.807) is 19.1 Å². The molecule has 0 spiro atoms. The molecule has 0 bridgehead atoms. The van der Waals surface area contributed by atoms with Crippen molar-refractivity contribution in [2.75, 3.05) is 0 Å². The first-order valence-corrected chi connectivity index (χ1v) is 7.24. The van der Waals surface area contributed by atoms with Crippen LogP contribution in [0, 0.1) is 18.3 Å². The fourth-order valence-electron chi connectivity index (χ4n) is 1.53. The number of hydrogen-bond donors (Lipinski definition) is 1. The van der Waals surface area contributed by atoms with Crippen molar-refractivity contribution in [3.05, 3.63) is 41.5 Å². The predicted molar refractivity (Wildman–Crippen MR) is 68.8 cm³/mol. The topological polar surface area (TPSA) is 109 Å². The molecule has 0 aliphatic rings. The van der Waals surface area contributed by atoms with Crippen LogP contribution >= 0.6 is 0 Å². The van der Waals surface area contributed by atoms with Gasteiger partial charge in [0, 0.05) is 0 Å². The van der Waals surface area contributed by atoms with Gasteiger partial charge < -0.3 is 4.52 Å². The maximum atomic E-state index is 12.0. The molecule has 1 N–H and O–H groups in total. The molecule has 1 aromatic heterocycles. The van der Waals surface area contributed by atoms with Crippen LogP contribution < -0.4 is 4.72 Å². The van der Waals surface area contributed by atoms with E-state index in [0.29, 0.717) is 5.82 Å². The maximum absolute atomic E-state index is 12.0. The monoisotopic (exact) mass is 292 g/mol. The van der Waals surface area contributed by atoms with E-state index >= 15 is 0 Å². The minimum absolute atomic E-state index is 0.0663. The first kappa shape index (κ1) is 14.2. The van der Waals surface area contributed by atoms with Crippen LogP contribution in [-0.2, 0) is 23.0 Å². The van der Waals surface area contributed by atoms with Crippen LogP contribution in [0.5, 0.6) is 0 Å². The van der Waals surface area contributed by atoms with E-state index in [1.165, 1.54) is 12.1 Å². The lowest BCUT2D eigenvalue weighted by Gasteiger charge is -2.05. The van der Waals surface area contributed by atoms with Crippen LogP contribution in [-0.4, -0.2) is 18.6 Å². The van der Waals surface area contributed by atoms with Crippen LogP contribution in [0.4, 0.5) is 0 Å². The standard InChI is InChI=1S/C12H12N4O3S/c1-9-15-12(19-16-9)8-14-20(17,18)11-4-2-10(3-5-11)6-7-13/h2-5,14H,6,8H2,1H3. The fourth-order valence-corrected chi connectivity index (χ4v) is 2.50. The third kappa shape index (κ3) is 3.40. The van der Waals surface area contributed by atoms with Crippen LogP contribution in [0.25, 0.3) is 0 Å². The number of nitriles is 1. The zero-order valence-electron chi connectivity index (χ0n) is 10.7. The summed E-state index contributed by atoms with van der Waals surface area (Å²) in [5.74, 6) is 0.646. The maximum Gasteiger partial charge on any atom is 0.241 e. The average molecular weight is 292 g/mol. The summed E-state index contributed by atoms with van der Waals surface area (Å²) in [6.45, 7) is 1.58. The molecule has 2 aromatic rings. The van der Waals surface area contributed by atoms with E-state index in [2.05, 4.69) is 14.9 Å². The van der Waals surface area contributed by atoms with Gasteiger partial charge in [-0.05, 0) is 24.6 Å². The van der Waals surface area contributed by atoms with E-state index in [-0.39, 0.29) is 23.8 Å². The van der Waals surface area contributed by atoms with E-state index in [1.807, 2.05) is 6.07 Å². The number of nitrogens with zero attached hydrogens (tertiary/aromatic N) is 3. The highest BCUT2D eigenvalue weighted by Crippen LogP contribution is 2.11. The van der Waals surface area contributed by atoms with Gasteiger partial charge in [-0.1, -0.05) is 17.3 Å². The van der Waals surface area contributed by atoms with Gasteiger partial charge in [-0.25, -0.2) is 13.1 Å². The minimum atomic E-state index is -3.64. The molecule has 0 atom stereocenters. The lowest BCUT2D eigenvalue weighted by Crippen LogP contribution is -2.23. The van der Waals surface area contributed by atoms with Gasteiger partial charge in [-0.15, -0.1) is 0 Å². The normalized spacial score (nSPS) is 11.2. The Bertz CT molecular complexity index is 729. The van der Waals surface area contributed by atoms with Crippen molar-refractivity contribution in [2.24, 2.45) is 0 Å². The van der Waals surface area contributed by atoms with Gasteiger partial charge in [0.25, 0.3) is 0 Å². The zero-order chi connectivity index (χ0) is 14.6. The van der Waals surface area contributed by atoms with Gasteiger partial charge in [0.15, 0.2) is 5.82 Å². The van der Waals surface area contributed by atoms with Crippen molar-refractivity contribution in [1.29, 1.82) is 5.26 Å². The summed E-state index contributed by atoms with van der Waals surface area (Å²) in [6.07, 6.45) is 0.245. The number of aryl methyl sites for hydroxylation is 1. The van der Waals surface area contributed by atoms with Gasteiger partial charge in [-0.2, -0.15) is 10.2 Å². The molecule has 0 saturated carbocycles. The zero-order valence-corrected chi connectivity index (χ0v) is 11.5. The summed E-state index contributed by atoms with van der Waals surface area (Å²) in [6, 6.07) is 8.11. The summed E-state index contributed by atoms with van der Waals surface area (Å²) in [7, 11) is -3.64. The smallest absolute Gasteiger partial charge is 0.241 e. The second kappa shape index (κ2) is 5.81. The van der Waals surface area contributed by atoms with Gasteiger partial charge in [0.1, 0.15) is 0 Å². The third-order valence-corrected chi connectivity index (χ3v) is 3.92. The van der Waals surface area contributed by atoms with E-state index in [0.717, 1.165) is 5.56 Å². The number of rotatable bonds is 5. The first-order chi connectivity index (χ1) is 9.51.